The molecule has 0 fully saturated rings. The van der Waals surface area contributed by atoms with Crippen LogP contribution in [0.2, 0.25) is 0 Å². The predicted molar refractivity (Wildman–Crippen MR) is 96.0 cm³/mol. The maximum atomic E-state index is 13.1. The lowest BCUT2D eigenvalue weighted by atomic mass is 10.1. The summed E-state index contributed by atoms with van der Waals surface area (Å²) >= 11 is 1.30. The van der Waals surface area contributed by atoms with Crippen molar-refractivity contribution in [3.63, 3.8) is 0 Å². The van der Waals surface area contributed by atoms with Gasteiger partial charge < -0.3 is 9.64 Å². The summed E-state index contributed by atoms with van der Waals surface area (Å²) in [6.45, 7) is 2.58. The van der Waals surface area contributed by atoms with Crippen LogP contribution in [0.25, 0.3) is 10.8 Å². The minimum atomic E-state index is -0.0751. The average Bonchev–Trinajstić information content (AvgIpc) is 3.17. The van der Waals surface area contributed by atoms with Crippen molar-refractivity contribution in [3.05, 3.63) is 53.8 Å². The first-order valence-corrected chi connectivity index (χ1v) is 8.88. The highest BCUT2D eigenvalue weighted by Gasteiger charge is 2.30. The first kappa shape index (κ1) is 15.7. The number of carbonyl (C=O) groups is 1. The molecule has 3 heterocycles. The highest BCUT2D eigenvalue weighted by Crippen LogP contribution is 2.35. The Bertz CT molecular complexity index is 897. The van der Waals surface area contributed by atoms with Crippen molar-refractivity contribution < 1.29 is 9.53 Å². The molecule has 1 atom stereocenters. The number of thiazole rings is 1. The zero-order valence-corrected chi connectivity index (χ0v) is 14.4. The molecule has 0 bridgehead atoms. The Labute approximate surface area is 149 Å². The van der Waals surface area contributed by atoms with Crippen molar-refractivity contribution in [1.82, 2.24) is 15.0 Å². The molecule has 1 aliphatic rings. The normalized spacial score (nSPS) is 16.2. The number of amides is 1. The quantitative estimate of drug-likeness (QED) is 0.722. The molecule has 2 aromatic heterocycles. The second-order valence-electron chi connectivity index (χ2n) is 5.63. The van der Waals surface area contributed by atoms with E-state index in [1.807, 2.05) is 24.3 Å². The standard InChI is InChI=1S/C18H16N4O2S/c1-2-12-11-22(13-6-3-4-7-14(13)24-12)18(23)15-10-21-17(25-15)16-19-8-5-9-20-16/h3-10,12H,2,11H2,1H3. The van der Waals surface area contributed by atoms with Crippen LogP contribution in [0.1, 0.15) is 23.0 Å². The summed E-state index contributed by atoms with van der Waals surface area (Å²) in [5, 5.41) is 0.637. The van der Waals surface area contributed by atoms with Crippen molar-refractivity contribution in [2.24, 2.45) is 0 Å². The Kier molecular flexibility index (Phi) is 4.15. The molecular formula is C18H16N4O2S. The minimum Gasteiger partial charge on any atom is -0.486 e. The molecule has 3 aromatic rings. The van der Waals surface area contributed by atoms with Gasteiger partial charge in [0, 0.05) is 12.4 Å². The van der Waals surface area contributed by atoms with Crippen LogP contribution < -0.4 is 9.64 Å². The smallest absolute Gasteiger partial charge is 0.270 e. The van der Waals surface area contributed by atoms with Gasteiger partial charge in [0.05, 0.1) is 18.4 Å². The van der Waals surface area contributed by atoms with E-state index in [-0.39, 0.29) is 12.0 Å². The Morgan fingerprint density at radius 2 is 2.04 bits per heavy atom. The molecule has 0 N–H and O–H groups in total. The minimum absolute atomic E-state index is 0.0105. The summed E-state index contributed by atoms with van der Waals surface area (Å²) in [7, 11) is 0. The molecule has 0 aliphatic carbocycles. The van der Waals surface area contributed by atoms with E-state index in [2.05, 4.69) is 21.9 Å². The first-order valence-electron chi connectivity index (χ1n) is 8.07. The van der Waals surface area contributed by atoms with E-state index in [0.29, 0.717) is 22.3 Å². The van der Waals surface area contributed by atoms with Crippen LogP contribution in [0.3, 0.4) is 0 Å². The van der Waals surface area contributed by atoms with Crippen molar-refractivity contribution in [2.45, 2.75) is 19.4 Å². The van der Waals surface area contributed by atoms with Crippen LogP contribution in [0, 0.1) is 0 Å². The number of fused-ring (bicyclic) bond motifs is 1. The summed E-state index contributed by atoms with van der Waals surface area (Å²) < 4.78 is 5.95. The molecule has 1 aliphatic heterocycles. The lowest BCUT2D eigenvalue weighted by molar-refractivity contribution is 0.0958. The van der Waals surface area contributed by atoms with E-state index in [9.17, 15) is 4.79 Å². The van der Waals surface area contributed by atoms with E-state index >= 15 is 0 Å². The average molecular weight is 352 g/mol. The SMILES string of the molecule is CCC1CN(C(=O)c2cnc(-c3ncccn3)s2)c2ccccc2O1. The van der Waals surface area contributed by atoms with E-state index in [0.717, 1.165) is 17.9 Å². The third kappa shape index (κ3) is 2.98. The maximum absolute atomic E-state index is 13.1. The van der Waals surface area contributed by atoms with Crippen LogP contribution in [0.5, 0.6) is 5.75 Å². The molecule has 6 nitrogen and oxygen atoms in total. The van der Waals surface area contributed by atoms with Gasteiger partial charge in [-0.2, -0.15) is 0 Å². The molecule has 0 saturated carbocycles. The summed E-state index contributed by atoms with van der Waals surface area (Å²) in [4.78, 5) is 28.1. The zero-order valence-electron chi connectivity index (χ0n) is 13.6. The van der Waals surface area contributed by atoms with Crippen molar-refractivity contribution in [1.29, 1.82) is 0 Å². The second kappa shape index (κ2) is 6.60. The summed E-state index contributed by atoms with van der Waals surface area (Å²) in [6.07, 6.45) is 5.75. The number of nitrogens with zero attached hydrogens (tertiary/aromatic N) is 4. The Morgan fingerprint density at radius 1 is 1.24 bits per heavy atom. The summed E-state index contributed by atoms with van der Waals surface area (Å²) in [5.41, 5.74) is 0.795. The van der Waals surface area contributed by atoms with Gasteiger partial charge in [0.25, 0.3) is 5.91 Å². The predicted octanol–water partition coefficient (Wildman–Crippen LogP) is 3.42. The molecular weight excluding hydrogens is 336 g/mol. The fourth-order valence-electron chi connectivity index (χ4n) is 2.72. The maximum Gasteiger partial charge on any atom is 0.270 e. The van der Waals surface area contributed by atoms with E-state index in [4.69, 9.17) is 4.74 Å². The van der Waals surface area contributed by atoms with Crippen LogP contribution in [-0.4, -0.2) is 33.5 Å². The Hall–Kier alpha value is -2.80. The lowest BCUT2D eigenvalue weighted by Crippen LogP contribution is -2.43. The van der Waals surface area contributed by atoms with Crippen molar-refractivity contribution in [2.75, 3.05) is 11.4 Å². The lowest BCUT2D eigenvalue weighted by Gasteiger charge is -2.34. The van der Waals surface area contributed by atoms with Gasteiger partial charge in [-0.3, -0.25) is 4.79 Å². The Balaban J connectivity index is 1.66. The topological polar surface area (TPSA) is 68.2 Å². The van der Waals surface area contributed by atoms with Gasteiger partial charge in [0.15, 0.2) is 10.8 Å². The number of aromatic nitrogens is 3. The highest BCUT2D eigenvalue weighted by atomic mass is 32.1. The van der Waals surface area contributed by atoms with Crippen LogP contribution >= 0.6 is 11.3 Å². The molecule has 0 spiro atoms. The van der Waals surface area contributed by atoms with Gasteiger partial charge in [-0.25, -0.2) is 15.0 Å². The molecule has 126 valence electrons. The largest absolute Gasteiger partial charge is 0.486 e. The third-order valence-electron chi connectivity index (χ3n) is 4.01. The fourth-order valence-corrected chi connectivity index (χ4v) is 3.54. The highest BCUT2D eigenvalue weighted by molar-refractivity contribution is 7.16. The van der Waals surface area contributed by atoms with Crippen molar-refractivity contribution in [3.8, 4) is 16.6 Å². The number of carbonyl (C=O) groups excluding carboxylic acids is 1. The number of para-hydroxylation sites is 2. The van der Waals surface area contributed by atoms with Gasteiger partial charge in [-0.15, -0.1) is 11.3 Å². The molecule has 1 unspecified atom stereocenters. The number of anilines is 1. The van der Waals surface area contributed by atoms with E-state index < -0.39 is 0 Å². The van der Waals surface area contributed by atoms with Gasteiger partial charge in [0.1, 0.15) is 16.7 Å². The van der Waals surface area contributed by atoms with E-state index in [1.165, 1.54) is 11.3 Å². The number of hydrogen-bond donors (Lipinski definition) is 0. The monoisotopic (exact) mass is 352 g/mol. The molecule has 7 heteroatoms. The van der Waals surface area contributed by atoms with Crippen molar-refractivity contribution >= 4 is 22.9 Å². The number of benzene rings is 1. The molecule has 1 aromatic carbocycles. The van der Waals surface area contributed by atoms with Crippen LogP contribution in [-0.2, 0) is 0 Å². The van der Waals surface area contributed by atoms with Gasteiger partial charge in [0.2, 0.25) is 0 Å². The van der Waals surface area contributed by atoms with Gasteiger partial charge in [-0.05, 0) is 24.6 Å². The van der Waals surface area contributed by atoms with Gasteiger partial charge >= 0.3 is 0 Å². The molecule has 0 saturated heterocycles. The Morgan fingerprint density at radius 3 is 2.84 bits per heavy atom. The number of hydrogen-bond acceptors (Lipinski definition) is 6. The number of rotatable bonds is 3. The second-order valence-corrected chi connectivity index (χ2v) is 6.66. The van der Waals surface area contributed by atoms with Crippen LogP contribution in [0.15, 0.2) is 48.9 Å². The zero-order chi connectivity index (χ0) is 17.2. The molecule has 1 amide bonds. The molecule has 25 heavy (non-hydrogen) atoms. The number of ether oxygens (including phenoxy) is 1. The van der Waals surface area contributed by atoms with E-state index in [1.54, 1.807) is 29.6 Å². The van der Waals surface area contributed by atoms with Crippen LogP contribution in [0.4, 0.5) is 5.69 Å². The molecule has 4 rings (SSSR count). The summed E-state index contributed by atoms with van der Waals surface area (Å²) in [5.74, 6) is 1.19. The molecule has 0 radical (unpaired) electrons. The summed E-state index contributed by atoms with van der Waals surface area (Å²) in [6, 6.07) is 9.37. The van der Waals surface area contributed by atoms with Gasteiger partial charge in [-0.1, -0.05) is 19.1 Å². The fraction of sp³-hybridized carbons (Fsp3) is 0.222. The first-order chi connectivity index (χ1) is 12.3. The third-order valence-corrected chi connectivity index (χ3v) is 4.99.